The quantitative estimate of drug-likeness (QED) is 0.844. The minimum absolute atomic E-state index is 0.0383. The minimum Gasteiger partial charge on any atom is -0.383 e. The van der Waals surface area contributed by atoms with Crippen molar-refractivity contribution in [2.24, 2.45) is 0 Å². The van der Waals surface area contributed by atoms with Gasteiger partial charge < -0.3 is 14.4 Å². The fourth-order valence-electron chi connectivity index (χ4n) is 2.32. The fourth-order valence-corrected chi connectivity index (χ4v) is 2.75. The Morgan fingerprint density at radius 2 is 2.37 bits per heavy atom. The van der Waals surface area contributed by atoms with Gasteiger partial charge in [-0.05, 0) is 34.5 Å². The molecule has 1 aromatic heterocycles. The van der Waals surface area contributed by atoms with Gasteiger partial charge in [0, 0.05) is 31.4 Å². The molecule has 0 bridgehead atoms. The van der Waals surface area contributed by atoms with Gasteiger partial charge in [-0.15, -0.1) is 0 Å². The first-order valence-corrected chi connectivity index (χ1v) is 6.90. The Bertz CT molecular complexity index is 455. The molecule has 2 heterocycles. The lowest BCUT2D eigenvalue weighted by Gasteiger charge is -2.23. The zero-order chi connectivity index (χ0) is 13.8. The number of hydrogen-bond donors (Lipinski definition) is 0. The molecule has 1 aromatic rings. The molecule has 0 spiro atoms. The predicted octanol–water partition coefficient (Wildman–Crippen LogP) is 1.72. The van der Waals surface area contributed by atoms with Gasteiger partial charge in [-0.1, -0.05) is 0 Å². The summed E-state index contributed by atoms with van der Waals surface area (Å²) in [4.78, 5) is 18.5. The van der Waals surface area contributed by atoms with Gasteiger partial charge >= 0.3 is 0 Å². The molecule has 1 aliphatic heterocycles. The first kappa shape index (κ1) is 14.4. The Balaban J connectivity index is 2.19. The number of aromatic nitrogens is 1. The Labute approximate surface area is 121 Å². The number of amides is 1. The van der Waals surface area contributed by atoms with Crippen molar-refractivity contribution in [2.45, 2.75) is 18.6 Å². The molecule has 5 nitrogen and oxygen atoms in total. The molecule has 104 valence electrons. The summed E-state index contributed by atoms with van der Waals surface area (Å²) >= 11 is 3.36. The van der Waals surface area contributed by atoms with E-state index in [2.05, 4.69) is 20.9 Å². The molecule has 19 heavy (non-hydrogen) atoms. The minimum atomic E-state index is -0.0888. The highest BCUT2D eigenvalue weighted by molar-refractivity contribution is 9.10. The van der Waals surface area contributed by atoms with Crippen molar-refractivity contribution in [3.63, 3.8) is 0 Å². The summed E-state index contributed by atoms with van der Waals surface area (Å²) in [6.45, 7) is 1.09. The highest BCUT2D eigenvalue weighted by Gasteiger charge is 2.36. The standard InChI is InChI=1S/C13H17BrN2O3/c1-18-8-9-6-10(19-2)7-16(9)13(17)12-11(14)4-3-5-15-12/h3-5,9-10H,6-8H2,1-2H3/t9-,10-/m0/s1. The van der Waals surface area contributed by atoms with Crippen LogP contribution in [0.15, 0.2) is 22.8 Å². The van der Waals surface area contributed by atoms with Crippen LogP contribution in [0.1, 0.15) is 16.9 Å². The Morgan fingerprint density at radius 3 is 3.00 bits per heavy atom. The van der Waals surface area contributed by atoms with Crippen LogP contribution < -0.4 is 0 Å². The van der Waals surface area contributed by atoms with Crippen molar-refractivity contribution in [1.29, 1.82) is 0 Å². The van der Waals surface area contributed by atoms with Crippen molar-refractivity contribution in [1.82, 2.24) is 9.88 Å². The second kappa shape index (κ2) is 6.45. The van der Waals surface area contributed by atoms with Gasteiger partial charge in [0.25, 0.3) is 5.91 Å². The van der Waals surface area contributed by atoms with Gasteiger partial charge in [-0.25, -0.2) is 4.98 Å². The second-order valence-electron chi connectivity index (χ2n) is 4.49. The molecule has 2 rings (SSSR count). The molecule has 0 aliphatic carbocycles. The predicted molar refractivity (Wildman–Crippen MR) is 74.1 cm³/mol. The average Bonchev–Trinajstić information content (AvgIpc) is 2.82. The van der Waals surface area contributed by atoms with Crippen LogP contribution in [0.25, 0.3) is 0 Å². The van der Waals surface area contributed by atoms with E-state index in [4.69, 9.17) is 9.47 Å². The molecule has 1 fully saturated rings. The van der Waals surface area contributed by atoms with E-state index in [1.165, 1.54) is 0 Å². The summed E-state index contributed by atoms with van der Waals surface area (Å²) < 4.78 is 11.2. The number of rotatable bonds is 4. The monoisotopic (exact) mass is 328 g/mol. The molecule has 0 N–H and O–H groups in total. The SMILES string of the molecule is COC[C@@H]1C[C@H](OC)CN1C(=O)c1ncccc1Br. The van der Waals surface area contributed by atoms with Crippen LogP contribution in [0.2, 0.25) is 0 Å². The number of pyridine rings is 1. The van der Waals surface area contributed by atoms with Crippen LogP contribution in [0.3, 0.4) is 0 Å². The third-order valence-corrected chi connectivity index (χ3v) is 3.93. The molecule has 2 atom stereocenters. The third kappa shape index (κ3) is 3.13. The van der Waals surface area contributed by atoms with Gasteiger partial charge in [0.1, 0.15) is 5.69 Å². The lowest BCUT2D eigenvalue weighted by Crippen LogP contribution is -2.39. The van der Waals surface area contributed by atoms with Crippen LogP contribution in [-0.2, 0) is 9.47 Å². The van der Waals surface area contributed by atoms with E-state index < -0.39 is 0 Å². The molecule has 1 amide bonds. The fraction of sp³-hybridized carbons (Fsp3) is 0.538. The Morgan fingerprint density at radius 1 is 1.58 bits per heavy atom. The van der Waals surface area contributed by atoms with E-state index in [-0.39, 0.29) is 18.1 Å². The maximum absolute atomic E-state index is 12.5. The summed E-state index contributed by atoms with van der Waals surface area (Å²) in [5.74, 6) is -0.0888. The van der Waals surface area contributed by atoms with Crippen LogP contribution >= 0.6 is 15.9 Å². The molecule has 1 saturated heterocycles. The van der Waals surface area contributed by atoms with Crippen molar-refractivity contribution in [3.8, 4) is 0 Å². The highest BCUT2D eigenvalue weighted by Crippen LogP contribution is 2.24. The summed E-state index contributed by atoms with van der Waals surface area (Å²) in [6, 6.07) is 3.64. The van der Waals surface area contributed by atoms with E-state index in [0.29, 0.717) is 23.3 Å². The highest BCUT2D eigenvalue weighted by atomic mass is 79.9. The molecule has 0 radical (unpaired) electrons. The molecule has 0 saturated carbocycles. The van der Waals surface area contributed by atoms with Gasteiger partial charge in [0.05, 0.1) is 18.8 Å². The Kier molecular flexibility index (Phi) is 4.90. The molecule has 6 heteroatoms. The third-order valence-electron chi connectivity index (χ3n) is 3.29. The Hall–Kier alpha value is -0.980. The van der Waals surface area contributed by atoms with E-state index in [1.807, 2.05) is 6.07 Å². The largest absolute Gasteiger partial charge is 0.383 e. The van der Waals surface area contributed by atoms with Crippen LogP contribution in [-0.4, -0.2) is 55.3 Å². The van der Waals surface area contributed by atoms with E-state index in [9.17, 15) is 4.79 Å². The van der Waals surface area contributed by atoms with Gasteiger partial charge in [0.2, 0.25) is 0 Å². The van der Waals surface area contributed by atoms with Gasteiger partial charge in [-0.2, -0.15) is 0 Å². The number of carbonyl (C=O) groups excluding carboxylic acids is 1. The van der Waals surface area contributed by atoms with E-state index in [0.717, 1.165) is 6.42 Å². The number of ether oxygens (including phenoxy) is 2. The summed E-state index contributed by atoms with van der Waals surface area (Å²) in [5, 5.41) is 0. The van der Waals surface area contributed by atoms with Crippen molar-refractivity contribution < 1.29 is 14.3 Å². The van der Waals surface area contributed by atoms with Gasteiger partial charge in [0.15, 0.2) is 0 Å². The van der Waals surface area contributed by atoms with Crippen molar-refractivity contribution in [3.05, 3.63) is 28.5 Å². The topological polar surface area (TPSA) is 51.7 Å². The number of nitrogens with zero attached hydrogens (tertiary/aromatic N) is 2. The zero-order valence-corrected chi connectivity index (χ0v) is 12.6. The molecule has 1 aliphatic rings. The number of hydrogen-bond acceptors (Lipinski definition) is 4. The van der Waals surface area contributed by atoms with E-state index >= 15 is 0 Å². The normalized spacial score (nSPS) is 22.8. The van der Waals surface area contributed by atoms with Crippen LogP contribution in [0.4, 0.5) is 0 Å². The summed E-state index contributed by atoms with van der Waals surface area (Å²) in [6.07, 6.45) is 2.47. The molecule has 0 unspecified atom stereocenters. The number of halogens is 1. The van der Waals surface area contributed by atoms with Crippen molar-refractivity contribution >= 4 is 21.8 Å². The smallest absolute Gasteiger partial charge is 0.274 e. The number of carbonyl (C=O) groups is 1. The number of methoxy groups -OCH3 is 2. The number of likely N-dealkylation sites (tertiary alicyclic amines) is 1. The maximum Gasteiger partial charge on any atom is 0.274 e. The zero-order valence-electron chi connectivity index (χ0n) is 11.0. The molecule has 0 aromatic carbocycles. The summed E-state index contributed by atoms with van der Waals surface area (Å²) in [5.41, 5.74) is 0.431. The maximum atomic E-state index is 12.5. The first-order chi connectivity index (χ1) is 9.17. The molecular weight excluding hydrogens is 312 g/mol. The average molecular weight is 329 g/mol. The van der Waals surface area contributed by atoms with E-state index in [1.54, 1.807) is 31.4 Å². The second-order valence-corrected chi connectivity index (χ2v) is 5.35. The summed E-state index contributed by atoms with van der Waals surface area (Å²) in [7, 11) is 3.30. The van der Waals surface area contributed by atoms with Crippen molar-refractivity contribution in [2.75, 3.05) is 27.4 Å². The first-order valence-electron chi connectivity index (χ1n) is 6.10. The lowest BCUT2D eigenvalue weighted by atomic mass is 10.2. The molecular formula is C13H17BrN2O3. The van der Waals surface area contributed by atoms with Crippen LogP contribution in [0, 0.1) is 0 Å². The lowest BCUT2D eigenvalue weighted by molar-refractivity contribution is 0.0605. The van der Waals surface area contributed by atoms with Crippen LogP contribution in [0.5, 0.6) is 0 Å². The van der Waals surface area contributed by atoms with Gasteiger partial charge in [-0.3, -0.25) is 4.79 Å².